The van der Waals surface area contributed by atoms with Crippen LogP contribution in [0.1, 0.15) is 0 Å². The Bertz CT molecular complexity index is 139. The van der Waals surface area contributed by atoms with Crippen molar-refractivity contribution in [3.8, 4) is 0 Å². The summed E-state index contributed by atoms with van der Waals surface area (Å²) >= 11 is -4.96. The van der Waals surface area contributed by atoms with E-state index in [0.717, 1.165) is 6.08 Å². The number of hydrogen-bond donors (Lipinski definition) is 2. The van der Waals surface area contributed by atoms with Crippen molar-refractivity contribution in [1.82, 2.24) is 0 Å². The molecule has 0 aliphatic rings. The molecule has 6 heteroatoms. The van der Waals surface area contributed by atoms with Gasteiger partial charge in [-0.25, -0.2) is 0 Å². The van der Waals surface area contributed by atoms with Gasteiger partial charge in [0.15, 0.2) is 0 Å². The van der Waals surface area contributed by atoms with Gasteiger partial charge in [-0.15, -0.1) is 0 Å². The standard InChI is InChI=1S/C3H6AsFO4/c5-2-1-3-9-4(6,7)8/h1-2H,3H2,(H2,6,7,8). The van der Waals surface area contributed by atoms with E-state index in [1.165, 1.54) is 0 Å². The van der Waals surface area contributed by atoms with Gasteiger partial charge in [0.1, 0.15) is 0 Å². The topological polar surface area (TPSA) is 66.8 Å². The molecular formula is C3H6AsFO4. The summed E-state index contributed by atoms with van der Waals surface area (Å²) in [5, 5.41) is 0. The second-order valence-electron chi connectivity index (χ2n) is 1.15. The molecule has 0 fully saturated rings. The van der Waals surface area contributed by atoms with Crippen LogP contribution in [0.25, 0.3) is 0 Å². The van der Waals surface area contributed by atoms with E-state index in [1.807, 2.05) is 0 Å². The Hall–Kier alpha value is -0.0916. The summed E-state index contributed by atoms with van der Waals surface area (Å²) in [4.78, 5) is 0. The average molecular weight is 200 g/mol. The first-order valence-corrected chi connectivity index (χ1v) is 5.22. The van der Waals surface area contributed by atoms with Gasteiger partial charge in [-0.2, -0.15) is 0 Å². The van der Waals surface area contributed by atoms with Crippen LogP contribution in [0.4, 0.5) is 4.39 Å². The number of hydrogen-bond acceptors (Lipinski definition) is 2. The summed E-state index contributed by atoms with van der Waals surface area (Å²) < 4.78 is 40.9. The van der Waals surface area contributed by atoms with Crippen molar-refractivity contribution in [2.75, 3.05) is 6.61 Å². The van der Waals surface area contributed by atoms with Crippen molar-refractivity contribution in [3.05, 3.63) is 12.4 Å². The Balaban J connectivity index is 3.40. The van der Waals surface area contributed by atoms with Crippen LogP contribution >= 0.6 is 0 Å². The molecule has 0 radical (unpaired) electrons. The Labute approximate surface area is 54.3 Å². The molecule has 9 heavy (non-hydrogen) atoms. The quantitative estimate of drug-likeness (QED) is 0.593. The molecule has 0 bridgehead atoms. The predicted molar refractivity (Wildman–Crippen MR) is 27.1 cm³/mol. The molecule has 0 heterocycles. The fraction of sp³-hybridized carbons (Fsp3) is 0.333. The monoisotopic (exact) mass is 200 g/mol. The number of halogens is 1. The second-order valence-corrected chi connectivity index (χ2v) is 3.75. The van der Waals surface area contributed by atoms with Gasteiger partial charge in [-0.1, -0.05) is 0 Å². The van der Waals surface area contributed by atoms with E-state index in [-0.39, 0.29) is 12.9 Å². The first kappa shape index (κ1) is 8.91. The van der Waals surface area contributed by atoms with E-state index in [1.54, 1.807) is 0 Å². The first-order chi connectivity index (χ1) is 4.06. The molecule has 4 nitrogen and oxygen atoms in total. The van der Waals surface area contributed by atoms with E-state index in [9.17, 15) is 8.13 Å². The molecule has 0 aromatic rings. The molecule has 0 spiro atoms. The summed E-state index contributed by atoms with van der Waals surface area (Å²) in [7, 11) is 0. The van der Waals surface area contributed by atoms with Crippen LogP contribution in [0.3, 0.4) is 0 Å². The van der Waals surface area contributed by atoms with E-state index in [0.29, 0.717) is 0 Å². The minimum atomic E-state index is -4.96. The van der Waals surface area contributed by atoms with Gasteiger partial charge in [-0.3, -0.25) is 0 Å². The zero-order valence-electron chi connectivity index (χ0n) is 4.40. The van der Waals surface area contributed by atoms with Gasteiger partial charge in [-0.05, 0) is 0 Å². The zero-order chi connectivity index (χ0) is 7.33. The van der Waals surface area contributed by atoms with Crippen molar-refractivity contribution >= 4 is 14.5 Å². The predicted octanol–water partition coefficient (Wildman–Crippen LogP) is -0.663. The maximum absolute atomic E-state index is 11.1. The summed E-state index contributed by atoms with van der Waals surface area (Å²) in [6.07, 6.45) is 1.02. The van der Waals surface area contributed by atoms with Crippen LogP contribution in [-0.2, 0) is 7.47 Å². The minimum absolute atomic E-state index is 0.158. The molecule has 0 saturated heterocycles. The van der Waals surface area contributed by atoms with Crippen LogP contribution in [0, 0.1) is 0 Å². The molecule has 0 atom stereocenters. The maximum atomic E-state index is 11.1. The first-order valence-electron chi connectivity index (χ1n) is 2.01. The zero-order valence-corrected chi connectivity index (χ0v) is 6.27. The molecular weight excluding hydrogens is 194 g/mol. The van der Waals surface area contributed by atoms with Crippen molar-refractivity contribution in [2.24, 2.45) is 0 Å². The molecule has 0 saturated carbocycles. The summed E-state index contributed by atoms with van der Waals surface area (Å²) in [6.45, 7) is -0.389. The van der Waals surface area contributed by atoms with Gasteiger partial charge in [0.2, 0.25) is 0 Å². The molecule has 0 unspecified atom stereocenters. The third-order valence-corrected chi connectivity index (χ3v) is 1.45. The molecule has 0 aromatic heterocycles. The van der Waals surface area contributed by atoms with Gasteiger partial charge < -0.3 is 0 Å². The van der Waals surface area contributed by atoms with Crippen LogP contribution in [-0.4, -0.2) is 29.3 Å². The summed E-state index contributed by atoms with van der Waals surface area (Å²) in [6, 6.07) is 0. The van der Waals surface area contributed by atoms with Crippen molar-refractivity contribution in [2.45, 2.75) is 0 Å². The van der Waals surface area contributed by atoms with E-state index < -0.39 is 14.5 Å². The fourth-order valence-electron chi connectivity index (χ4n) is 0.176. The second kappa shape index (κ2) is 3.84. The molecule has 2 N–H and O–H groups in total. The molecule has 0 aromatic carbocycles. The van der Waals surface area contributed by atoms with Gasteiger partial charge in [0.25, 0.3) is 0 Å². The Morgan fingerprint density at radius 3 is 2.56 bits per heavy atom. The SMILES string of the molecule is O=[As](O)(O)OCC=CF. The van der Waals surface area contributed by atoms with Gasteiger partial charge in [0, 0.05) is 0 Å². The van der Waals surface area contributed by atoms with Crippen LogP contribution in [0.2, 0.25) is 0 Å². The average Bonchev–Trinajstić information content (AvgIpc) is 1.63. The van der Waals surface area contributed by atoms with Gasteiger partial charge in [0.05, 0.1) is 0 Å². The van der Waals surface area contributed by atoms with Crippen LogP contribution < -0.4 is 0 Å². The van der Waals surface area contributed by atoms with Gasteiger partial charge >= 0.3 is 53.6 Å². The Kier molecular flexibility index (Phi) is 3.81. The molecule has 0 amide bonds. The van der Waals surface area contributed by atoms with Crippen molar-refractivity contribution < 1.29 is 20.0 Å². The molecule has 0 aliphatic heterocycles. The third-order valence-electron chi connectivity index (χ3n) is 0.428. The van der Waals surface area contributed by atoms with E-state index in [2.05, 4.69) is 3.73 Å². The Morgan fingerprint density at radius 2 is 2.22 bits per heavy atom. The molecule has 54 valence electrons. The fourth-order valence-corrected chi connectivity index (χ4v) is 0.765. The normalized spacial score (nSPS) is 12.8. The van der Waals surface area contributed by atoms with E-state index >= 15 is 0 Å². The summed E-state index contributed by atoms with van der Waals surface area (Å²) in [5.74, 6) is 0. The third kappa shape index (κ3) is 7.91. The Morgan fingerprint density at radius 1 is 1.67 bits per heavy atom. The van der Waals surface area contributed by atoms with Crippen molar-refractivity contribution in [1.29, 1.82) is 0 Å². The summed E-state index contributed by atoms with van der Waals surface area (Å²) in [5.41, 5.74) is 0. The number of rotatable bonds is 3. The van der Waals surface area contributed by atoms with E-state index in [4.69, 9.17) is 8.19 Å². The van der Waals surface area contributed by atoms with Crippen LogP contribution in [0.5, 0.6) is 0 Å². The van der Waals surface area contributed by atoms with Crippen molar-refractivity contribution in [3.63, 3.8) is 0 Å². The molecule has 0 aliphatic carbocycles. The van der Waals surface area contributed by atoms with Crippen LogP contribution in [0.15, 0.2) is 12.4 Å². The molecule has 0 rings (SSSR count).